The minimum atomic E-state index is -0.247. The molecule has 0 radical (unpaired) electrons. The molecule has 6 nitrogen and oxygen atoms in total. The van der Waals surface area contributed by atoms with Crippen molar-refractivity contribution in [2.75, 3.05) is 13.1 Å². The predicted molar refractivity (Wildman–Crippen MR) is 154 cm³/mol. The van der Waals surface area contributed by atoms with Crippen LogP contribution in [0.15, 0.2) is 76.3 Å². The van der Waals surface area contributed by atoms with Gasteiger partial charge in [-0.25, -0.2) is 4.39 Å². The molecule has 6 rings (SSSR count). The SMILES string of the molecule is Cn1ccc(C2CCNC[C@@H]2C(=O)N(Cc2cn(Cc3cccc(F)c3)c3cccc(Br)c23)C2CC2)cc1=O. The van der Waals surface area contributed by atoms with Gasteiger partial charge in [0.25, 0.3) is 5.56 Å². The van der Waals surface area contributed by atoms with E-state index in [0.29, 0.717) is 19.6 Å². The summed E-state index contributed by atoms with van der Waals surface area (Å²) in [6.45, 7) is 2.48. The lowest BCUT2D eigenvalue weighted by Crippen LogP contribution is -2.47. The molecule has 4 aromatic rings. The van der Waals surface area contributed by atoms with E-state index in [4.69, 9.17) is 0 Å². The normalized spacial score (nSPS) is 19.4. The Morgan fingerprint density at radius 1 is 1.13 bits per heavy atom. The number of piperidine rings is 1. The molecule has 1 saturated carbocycles. The molecule has 0 spiro atoms. The van der Waals surface area contributed by atoms with Gasteiger partial charge in [-0.05, 0) is 78.7 Å². The third kappa shape index (κ3) is 5.32. The number of hydrogen-bond acceptors (Lipinski definition) is 3. The Balaban J connectivity index is 1.33. The van der Waals surface area contributed by atoms with E-state index >= 15 is 0 Å². The van der Waals surface area contributed by atoms with Gasteiger partial charge in [0, 0.05) is 66.6 Å². The minimum Gasteiger partial charge on any atom is -0.343 e. The van der Waals surface area contributed by atoms with E-state index in [9.17, 15) is 14.0 Å². The van der Waals surface area contributed by atoms with Crippen LogP contribution in [0.2, 0.25) is 0 Å². The molecule has 2 aromatic carbocycles. The fourth-order valence-corrected chi connectivity index (χ4v) is 6.57. The van der Waals surface area contributed by atoms with Gasteiger partial charge in [-0.15, -0.1) is 0 Å². The zero-order valence-electron chi connectivity index (χ0n) is 21.9. The fraction of sp³-hybridized carbons (Fsp3) is 0.355. The van der Waals surface area contributed by atoms with E-state index in [0.717, 1.165) is 57.9 Å². The number of pyridine rings is 1. The van der Waals surface area contributed by atoms with E-state index < -0.39 is 0 Å². The Labute approximate surface area is 235 Å². The number of hydrogen-bond donors (Lipinski definition) is 1. The second-order valence-electron chi connectivity index (χ2n) is 10.9. The second kappa shape index (κ2) is 10.7. The van der Waals surface area contributed by atoms with Crippen LogP contribution in [0.5, 0.6) is 0 Å². The largest absolute Gasteiger partial charge is 0.343 e. The summed E-state index contributed by atoms with van der Waals surface area (Å²) < 4.78 is 18.6. The summed E-state index contributed by atoms with van der Waals surface area (Å²) in [5.74, 6) is -0.318. The van der Waals surface area contributed by atoms with Crippen LogP contribution >= 0.6 is 15.9 Å². The van der Waals surface area contributed by atoms with Crippen LogP contribution in [0.1, 0.15) is 41.9 Å². The van der Waals surface area contributed by atoms with Gasteiger partial charge in [0.15, 0.2) is 0 Å². The van der Waals surface area contributed by atoms with Crippen molar-refractivity contribution in [1.29, 1.82) is 0 Å². The maximum absolute atomic E-state index is 14.2. The fourth-order valence-electron chi connectivity index (χ4n) is 5.96. The van der Waals surface area contributed by atoms with Crippen LogP contribution in [-0.2, 0) is 24.9 Å². The molecule has 2 fully saturated rings. The van der Waals surface area contributed by atoms with Crippen molar-refractivity contribution in [3.05, 3.63) is 104 Å². The van der Waals surface area contributed by atoms with Gasteiger partial charge >= 0.3 is 0 Å². The van der Waals surface area contributed by atoms with Gasteiger partial charge in [0.05, 0.1) is 5.92 Å². The molecule has 2 aromatic heterocycles. The summed E-state index contributed by atoms with van der Waals surface area (Å²) in [4.78, 5) is 28.7. The lowest BCUT2D eigenvalue weighted by atomic mass is 9.80. The first kappa shape index (κ1) is 26.0. The van der Waals surface area contributed by atoms with Gasteiger partial charge in [0.1, 0.15) is 5.82 Å². The predicted octanol–water partition coefficient (Wildman–Crippen LogP) is 5.17. The summed E-state index contributed by atoms with van der Waals surface area (Å²) in [5.41, 5.74) is 3.90. The maximum atomic E-state index is 14.2. The van der Waals surface area contributed by atoms with Crippen molar-refractivity contribution in [2.24, 2.45) is 13.0 Å². The average molecular weight is 592 g/mol. The highest BCUT2D eigenvalue weighted by Crippen LogP contribution is 2.38. The minimum absolute atomic E-state index is 0.00922. The molecule has 1 aliphatic carbocycles. The maximum Gasteiger partial charge on any atom is 0.250 e. The Kier molecular flexibility index (Phi) is 7.16. The molecule has 1 amide bonds. The van der Waals surface area contributed by atoms with Crippen LogP contribution in [0.4, 0.5) is 4.39 Å². The van der Waals surface area contributed by atoms with Crippen LogP contribution in [0.3, 0.4) is 0 Å². The van der Waals surface area contributed by atoms with Crippen molar-refractivity contribution in [2.45, 2.75) is 44.3 Å². The van der Waals surface area contributed by atoms with Crippen molar-refractivity contribution < 1.29 is 9.18 Å². The summed E-state index contributed by atoms with van der Waals surface area (Å²) >= 11 is 3.75. The van der Waals surface area contributed by atoms with E-state index in [2.05, 4.69) is 43.0 Å². The Morgan fingerprint density at radius 2 is 1.95 bits per heavy atom. The van der Waals surface area contributed by atoms with Gasteiger partial charge in [-0.1, -0.05) is 34.1 Å². The molecular weight excluding hydrogens is 559 g/mol. The summed E-state index contributed by atoms with van der Waals surface area (Å²) in [7, 11) is 1.74. The van der Waals surface area contributed by atoms with Crippen molar-refractivity contribution >= 4 is 32.7 Å². The van der Waals surface area contributed by atoms with E-state index in [-0.39, 0.29) is 35.2 Å². The summed E-state index contributed by atoms with van der Waals surface area (Å²) in [6, 6.07) is 16.7. The average Bonchev–Trinajstić information content (AvgIpc) is 3.71. The topological polar surface area (TPSA) is 59.3 Å². The number of halogens is 2. The lowest BCUT2D eigenvalue weighted by Gasteiger charge is -2.35. The molecule has 1 N–H and O–H groups in total. The molecule has 1 unspecified atom stereocenters. The molecule has 1 saturated heterocycles. The van der Waals surface area contributed by atoms with Crippen molar-refractivity contribution in [3.8, 4) is 0 Å². The van der Waals surface area contributed by atoms with E-state index in [1.54, 1.807) is 36.0 Å². The monoisotopic (exact) mass is 590 g/mol. The standard InChI is InChI=1S/C31H32BrFN4O2/c1-35-13-11-21(15-29(35)38)25-10-12-34-16-26(25)31(39)37(24-8-9-24)19-22-18-36(17-20-4-2-5-23(33)14-20)28-7-3-6-27(32)30(22)28/h2-7,11,13-15,18,24-26,34H,8-10,12,16-17,19H2,1H3/t25?,26-/m0/s1. The summed E-state index contributed by atoms with van der Waals surface area (Å²) in [6.07, 6.45) is 6.74. The molecule has 39 heavy (non-hydrogen) atoms. The number of fused-ring (bicyclic) bond motifs is 1. The highest BCUT2D eigenvalue weighted by atomic mass is 79.9. The molecule has 8 heteroatoms. The van der Waals surface area contributed by atoms with Crippen LogP contribution in [-0.4, -0.2) is 39.1 Å². The van der Waals surface area contributed by atoms with Gasteiger partial charge < -0.3 is 19.4 Å². The quantitative estimate of drug-likeness (QED) is 0.323. The number of carbonyl (C=O) groups excluding carboxylic acids is 1. The van der Waals surface area contributed by atoms with Crippen LogP contribution in [0, 0.1) is 11.7 Å². The van der Waals surface area contributed by atoms with E-state index in [1.807, 2.05) is 24.3 Å². The first-order valence-electron chi connectivity index (χ1n) is 13.6. The number of carbonyl (C=O) groups is 1. The van der Waals surface area contributed by atoms with Gasteiger partial charge in [-0.2, -0.15) is 0 Å². The number of amides is 1. The lowest BCUT2D eigenvalue weighted by molar-refractivity contribution is -0.138. The number of nitrogens with zero attached hydrogens (tertiary/aromatic N) is 3. The molecule has 202 valence electrons. The highest BCUT2D eigenvalue weighted by Gasteiger charge is 2.40. The molecule has 0 bridgehead atoms. The third-order valence-corrected chi connectivity index (χ3v) is 8.80. The van der Waals surface area contributed by atoms with Crippen molar-refractivity contribution in [3.63, 3.8) is 0 Å². The van der Waals surface area contributed by atoms with Crippen LogP contribution < -0.4 is 10.9 Å². The Morgan fingerprint density at radius 3 is 2.72 bits per heavy atom. The number of aryl methyl sites for hydroxylation is 1. The second-order valence-corrected chi connectivity index (χ2v) is 11.7. The molecule has 3 heterocycles. The third-order valence-electron chi connectivity index (χ3n) is 8.14. The molecule has 2 aliphatic rings. The number of benzene rings is 2. The van der Waals surface area contributed by atoms with Gasteiger partial charge in [0.2, 0.25) is 5.91 Å². The smallest absolute Gasteiger partial charge is 0.250 e. The number of nitrogens with one attached hydrogen (secondary N) is 1. The summed E-state index contributed by atoms with van der Waals surface area (Å²) in [5, 5.41) is 4.50. The Hall–Kier alpha value is -3.23. The van der Waals surface area contributed by atoms with Crippen molar-refractivity contribution in [1.82, 2.24) is 19.4 Å². The molecular formula is C31H32BrFN4O2. The Bertz CT molecular complexity index is 1590. The zero-order valence-corrected chi connectivity index (χ0v) is 23.5. The zero-order chi connectivity index (χ0) is 27.1. The van der Waals surface area contributed by atoms with Gasteiger partial charge in [-0.3, -0.25) is 9.59 Å². The molecule has 2 atom stereocenters. The first-order valence-corrected chi connectivity index (χ1v) is 14.4. The molecule has 1 aliphatic heterocycles. The highest BCUT2D eigenvalue weighted by molar-refractivity contribution is 9.10. The van der Waals surface area contributed by atoms with E-state index in [1.165, 1.54) is 6.07 Å². The number of rotatable bonds is 7. The number of aromatic nitrogens is 2. The first-order chi connectivity index (χ1) is 18.9. The van der Waals surface area contributed by atoms with Crippen LogP contribution in [0.25, 0.3) is 10.9 Å².